The van der Waals surface area contributed by atoms with Gasteiger partial charge in [-0.25, -0.2) is 0 Å². The molecule has 0 spiro atoms. The Balaban J connectivity index is 1.99. The minimum atomic E-state index is -0.443. The molecule has 126 valence electrons. The summed E-state index contributed by atoms with van der Waals surface area (Å²) in [6.07, 6.45) is 2.29. The predicted molar refractivity (Wildman–Crippen MR) is 86.2 cm³/mol. The van der Waals surface area contributed by atoms with E-state index in [0.29, 0.717) is 6.42 Å². The molecule has 1 aromatic carbocycles. The Hall–Kier alpha value is -2.08. The fraction of sp³-hybridized carbons (Fsp3) is 0.529. The largest absolute Gasteiger partial charge is 0.496 e. The number of para-hydroxylation sites is 1. The lowest BCUT2D eigenvalue weighted by Gasteiger charge is -2.18. The number of amides is 1. The zero-order valence-electron chi connectivity index (χ0n) is 13.6. The summed E-state index contributed by atoms with van der Waals surface area (Å²) in [6.45, 7) is 1.11. The van der Waals surface area contributed by atoms with Gasteiger partial charge >= 0.3 is 5.97 Å². The quantitative estimate of drug-likeness (QED) is 0.730. The molecule has 1 aliphatic rings. The van der Waals surface area contributed by atoms with E-state index in [1.54, 1.807) is 7.11 Å². The van der Waals surface area contributed by atoms with Crippen molar-refractivity contribution in [2.75, 3.05) is 27.3 Å². The minimum absolute atomic E-state index is 0.0589. The monoisotopic (exact) mass is 320 g/mol. The van der Waals surface area contributed by atoms with Crippen LogP contribution in [-0.4, -0.2) is 45.2 Å². The third-order valence-corrected chi connectivity index (χ3v) is 4.09. The van der Waals surface area contributed by atoms with E-state index in [-0.39, 0.29) is 24.5 Å². The molecule has 1 aromatic rings. The fourth-order valence-corrected chi connectivity index (χ4v) is 2.80. The Morgan fingerprint density at radius 1 is 1.35 bits per heavy atom. The average molecular weight is 320 g/mol. The van der Waals surface area contributed by atoms with Gasteiger partial charge in [0.05, 0.1) is 26.2 Å². The Bertz CT molecular complexity index is 541. The lowest BCUT2D eigenvalue weighted by Crippen LogP contribution is -2.43. The molecule has 6 nitrogen and oxygen atoms in total. The van der Waals surface area contributed by atoms with Crippen molar-refractivity contribution in [2.45, 2.75) is 25.3 Å². The highest BCUT2D eigenvalue weighted by Gasteiger charge is 2.25. The molecule has 1 amide bonds. The zero-order valence-corrected chi connectivity index (χ0v) is 13.6. The Labute approximate surface area is 136 Å². The zero-order chi connectivity index (χ0) is 16.7. The van der Waals surface area contributed by atoms with E-state index >= 15 is 0 Å². The summed E-state index contributed by atoms with van der Waals surface area (Å²) in [4.78, 5) is 24.1. The van der Waals surface area contributed by atoms with Crippen molar-refractivity contribution in [1.29, 1.82) is 0 Å². The van der Waals surface area contributed by atoms with Crippen molar-refractivity contribution >= 4 is 11.9 Å². The molecule has 2 N–H and O–H groups in total. The van der Waals surface area contributed by atoms with Gasteiger partial charge in [0.2, 0.25) is 5.91 Å². The number of carbonyl (C=O) groups is 2. The summed E-state index contributed by atoms with van der Waals surface area (Å²) in [5.41, 5.74) is 0.915. The minimum Gasteiger partial charge on any atom is -0.496 e. The highest BCUT2D eigenvalue weighted by atomic mass is 16.5. The number of carbonyl (C=O) groups excluding carboxylic acids is 2. The summed E-state index contributed by atoms with van der Waals surface area (Å²) in [5.74, 6) is -0.112. The van der Waals surface area contributed by atoms with Crippen LogP contribution in [0.1, 0.15) is 18.4 Å². The van der Waals surface area contributed by atoms with Crippen LogP contribution in [0.2, 0.25) is 0 Å². The van der Waals surface area contributed by atoms with Crippen LogP contribution in [0.25, 0.3) is 0 Å². The van der Waals surface area contributed by atoms with Gasteiger partial charge < -0.3 is 20.1 Å². The lowest BCUT2D eigenvalue weighted by atomic mass is 9.98. The highest BCUT2D eigenvalue weighted by molar-refractivity contribution is 5.82. The van der Waals surface area contributed by atoms with E-state index in [0.717, 1.165) is 30.7 Å². The van der Waals surface area contributed by atoms with E-state index in [2.05, 4.69) is 10.6 Å². The molecule has 1 fully saturated rings. The Morgan fingerprint density at radius 3 is 2.78 bits per heavy atom. The number of ether oxygens (including phenoxy) is 2. The van der Waals surface area contributed by atoms with Gasteiger partial charge in [-0.2, -0.15) is 0 Å². The molecular formula is C17H24N2O4. The summed E-state index contributed by atoms with van der Waals surface area (Å²) in [6, 6.07) is 7.38. The van der Waals surface area contributed by atoms with Crippen LogP contribution in [0.4, 0.5) is 0 Å². The molecule has 2 rings (SSSR count). The second kappa shape index (κ2) is 8.53. The third kappa shape index (κ3) is 4.69. The van der Waals surface area contributed by atoms with E-state index < -0.39 is 5.92 Å². The molecule has 1 aliphatic heterocycles. The SMILES string of the molecule is COC(=O)C(CNC(=O)C1CCCN1)Cc1ccccc1OC. The second-order valence-corrected chi connectivity index (χ2v) is 5.63. The molecule has 0 aliphatic carbocycles. The molecule has 0 saturated carbocycles. The molecular weight excluding hydrogens is 296 g/mol. The molecule has 1 heterocycles. The first-order valence-corrected chi connectivity index (χ1v) is 7.86. The van der Waals surface area contributed by atoms with Crippen LogP contribution in [-0.2, 0) is 20.7 Å². The molecule has 0 radical (unpaired) electrons. The van der Waals surface area contributed by atoms with Crippen molar-refractivity contribution in [3.63, 3.8) is 0 Å². The van der Waals surface area contributed by atoms with Gasteiger partial charge in [-0.1, -0.05) is 18.2 Å². The molecule has 2 atom stereocenters. The van der Waals surface area contributed by atoms with E-state index in [4.69, 9.17) is 9.47 Å². The first-order valence-electron chi connectivity index (χ1n) is 7.86. The number of benzene rings is 1. The summed E-state index contributed by atoms with van der Waals surface area (Å²) in [7, 11) is 2.96. The van der Waals surface area contributed by atoms with Crippen molar-refractivity contribution in [3.05, 3.63) is 29.8 Å². The normalized spacial score (nSPS) is 18.3. The van der Waals surface area contributed by atoms with Gasteiger partial charge in [0.15, 0.2) is 0 Å². The molecule has 6 heteroatoms. The van der Waals surface area contributed by atoms with Crippen LogP contribution in [0.15, 0.2) is 24.3 Å². The number of methoxy groups -OCH3 is 2. The van der Waals surface area contributed by atoms with Crippen molar-refractivity contribution in [2.24, 2.45) is 5.92 Å². The van der Waals surface area contributed by atoms with Gasteiger partial charge in [-0.05, 0) is 37.4 Å². The fourth-order valence-electron chi connectivity index (χ4n) is 2.80. The molecule has 0 aromatic heterocycles. The average Bonchev–Trinajstić information content (AvgIpc) is 3.12. The van der Waals surface area contributed by atoms with Crippen molar-refractivity contribution < 1.29 is 19.1 Å². The van der Waals surface area contributed by atoms with Crippen LogP contribution < -0.4 is 15.4 Å². The van der Waals surface area contributed by atoms with E-state index in [1.807, 2.05) is 24.3 Å². The van der Waals surface area contributed by atoms with Crippen LogP contribution in [0.5, 0.6) is 5.75 Å². The molecule has 2 unspecified atom stereocenters. The van der Waals surface area contributed by atoms with E-state index in [9.17, 15) is 9.59 Å². The number of hydrogen-bond donors (Lipinski definition) is 2. The topological polar surface area (TPSA) is 76.7 Å². The number of nitrogens with one attached hydrogen (secondary N) is 2. The maximum Gasteiger partial charge on any atom is 0.310 e. The number of rotatable bonds is 7. The molecule has 23 heavy (non-hydrogen) atoms. The smallest absolute Gasteiger partial charge is 0.310 e. The third-order valence-electron chi connectivity index (χ3n) is 4.09. The summed E-state index contributed by atoms with van der Waals surface area (Å²) < 4.78 is 10.2. The molecule has 1 saturated heterocycles. The maximum absolute atomic E-state index is 12.1. The standard InChI is InChI=1S/C17H24N2O4/c1-22-15-8-4-3-6-12(15)10-13(17(21)23-2)11-19-16(20)14-7-5-9-18-14/h3-4,6,8,13-14,18H,5,7,9-11H2,1-2H3,(H,19,20). The van der Waals surface area contributed by atoms with Gasteiger partial charge in [-0.3, -0.25) is 9.59 Å². The van der Waals surface area contributed by atoms with Gasteiger partial charge in [0, 0.05) is 6.54 Å². The highest BCUT2D eigenvalue weighted by Crippen LogP contribution is 2.21. The summed E-state index contributed by atoms with van der Waals surface area (Å²) in [5, 5.41) is 6.00. The van der Waals surface area contributed by atoms with Crippen LogP contribution in [0.3, 0.4) is 0 Å². The number of hydrogen-bond acceptors (Lipinski definition) is 5. The first-order chi connectivity index (χ1) is 11.2. The predicted octanol–water partition coefficient (Wildman–Crippen LogP) is 0.895. The van der Waals surface area contributed by atoms with Crippen molar-refractivity contribution in [3.8, 4) is 5.75 Å². The Morgan fingerprint density at radius 2 is 2.13 bits per heavy atom. The Kier molecular flexibility index (Phi) is 6.40. The van der Waals surface area contributed by atoms with Gasteiger partial charge in [-0.15, -0.1) is 0 Å². The van der Waals surface area contributed by atoms with Gasteiger partial charge in [0.25, 0.3) is 0 Å². The van der Waals surface area contributed by atoms with Gasteiger partial charge in [0.1, 0.15) is 5.75 Å². The number of esters is 1. The van der Waals surface area contributed by atoms with Crippen LogP contribution >= 0.6 is 0 Å². The van der Waals surface area contributed by atoms with Crippen LogP contribution in [0, 0.1) is 5.92 Å². The maximum atomic E-state index is 12.1. The lowest BCUT2D eigenvalue weighted by molar-refractivity contribution is -0.145. The van der Waals surface area contributed by atoms with Crippen molar-refractivity contribution in [1.82, 2.24) is 10.6 Å². The molecule has 0 bridgehead atoms. The second-order valence-electron chi connectivity index (χ2n) is 5.63. The first kappa shape index (κ1) is 17.3. The summed E-state index contributed by atoms with van der Waals surface area (Å²) >= 11 is 0. The van der Waals surface area contributed by atoms with E-state index in [1.165, 1.54) is 7.11 Å².